The van der Waals surface area contributed by atoms with Crippen LogP contribution in [0.1, 0.15) is 31.7 Å². The minimum atomic E-state index is -4.12. The van der Waals surface area contributed by atoms with Gasteiger partial charge in [-0.1, -0.05) is 12.1 Å². The van der Waals surface area contributed by atoms with Crippen molar-refractivity contribution in [3.8, 4) is 28.5 Å². The molecule has 6 rings (SSSR count). The predicted molar refractivity (Wildman–Crippen MR) is 162 cm³/mol. The summed E-state index contributed by atoms with van der Waals surface area (Å²) in [5, 5.41) is 0.885. The van der Waals surface area contributed by atoms with E-state index in [1.165, 1.54) is 6.07 Å². The van der Waals surface area contributed by atoms with Gasteiger partial charge in [0, 0.05) is 30.6 Å². The van der Waals surface area contributed by atoms with Crippen molar-refractivity contribution in [3.05, 3.63) is 66.4 Å². The Morgan fingerprint density at radius 3 is 2.79 bits per heavy atom. The van der Waals surface area contributed by atoms with E-state index in [-0.39, 0.29) is 17.3 Å². The summed E-state index contributed by atoms with van der Waals surface area (Å²) < 4.78 is 55.3. The number of fused-ring (bicyclic) bond motifs is 2. The van der Waals surface area contributed by atoms with Crippen LogP contribution in [0.5, 0.6) is 17.2 Å². The normalized spacial score (nSPS) is 17.7. The molecule has 43 heavy (non-hydrogen) atoms. The van der Waals surface area contributed by atoms with E-state index in [1.54, 1.807) is 31.3 Å². The minimum absolute atomic E-state index is 0.0271. The molecular weight excluding hydrogens is 570 g/mol. The quantitative estimate of drug-likeness (QED) is 0.227. The standard InChI is InChI=1S/C32H35N3O7S/c1-21-7-12-30(28(16-21)41-31-6-4-5-14-39-31)43(36,37)42-22(2)20-40-25-9-11-26-23(17-25)8-10-27(34-26)24-18-29-32(33-19-24)35(3)13-15-38-29/h7-12,16-19,22,31H,4-6,13-15,20H2,1-3H3. The number of aromatic nitrogens is 2. The Morgan fingerprint density at radius 2 is 1.95 bits per heavy atom. The number of hydrogen-bond donors (Lipinski definition) is 0. The Kier molecular flexibility index (Phi) is 8.38. The number of aryl methyl sites for hydroxylation is 1. The van der Waals surface area contributed by atoms with Crippen LogP contribution in [0.4, 0.5) is 5.82 Å². The first-order valence-corrected chi connectivity index (χ1v) is 15.9. The van der Waals surface area contributed by atoms with Crippen molar-refractivity contribution in [2.75, 3.05) is 38.3 Å². The maximum atomic E-state index is 13.2. The van der Waals surface area contributed by atoms with Crippen LogP contribution in [-0.2, 0) is 19.0 Å². The van der Waals surface area contributed by atoms with Crippen LogP contribution in [0.15, 0.2) is 65.7 Å². The average molecular weight is 606 g/mol. The second kappa shape index (κ2) is 12.4. The van der Waals surface area contributed by atoms with E-state index in [1.807, 2.05) is 44.3 Å². The summed E-state index contributed by atoms with van der Waals surface area (Å²) in [5.74, 6) is 2.38. The van der Waals surface area contributed by atoms with Gasteiger partial charge >= 0.3 is 10.1 Å². The van der Waals surface area contributed by atoms with Crippen LogP contribution in [-0.4, -0.2) is 64.2 Å². The molecule has 10 nitrogen and oxygen atoms in total. The molecule has 2 aliphatic heterocycles. The third-order valence-electron chi connectivity index (χ3n) is 7.38. The van der Waals surface area contributed by atoms with Crippen LogP contribution in [0, 0.1) is 6.92 Å². The summed E-state index contributed by atoms with van der Waals surface area (Å²) in [6, 6.07) is 16.3. The number of likely N-dealkylation sites (N-methyl/N-ethyl adjacent to an activating group) is 1. The number of anilines is 1. The molecule has 0 radical (unpaired) electrons. The maximum absolute atomic E-state index is 13.2. The summed E-state index contributed by atoms with van der Waals surface area (Å²) in [4.78, 5) is 11.4. The zero-order valence-electron chi connectivity index (χ0n) is 24.5. The molecule has 0 amide bonds. The monoisotopic (exact) mass is 605 g/mol. The molecule has 4 heterocycles. The number of pyridine rings is 2. The van der Waals surface area contributed by atoms with Crippen molar-refractivity contribution in [1.82, 2.24) is 9.97 Å². The molecule has 2 unspecified atom stereocenters. The van der Waals surface area contributed by atoms with Gasteiger partial charge in [0.25, 0.3) is 0 Å². The van der Waals surface area contributed by atoms with Crippen LogP contribution in [0.2, 0.25) is 0 Å². The first-order chi connectivity index (χ1) is 20.7. The average Bonchev–Trinajstić information content (AvgIpc) is 3.00. The summed E-state index contributed by atoms with van der Waals surface area (Å²) in [5.41, 5.74) is 3.33. The molecule has 226 valence electrons. The molecule has 2 aliphatic rings. The Labute approximate surface area is 251 Å². The van der Waals surface area contributed by atoms with E-state index in [0.717, 1.165) is 58.7 Å². The second-order valence-corrected chi connectivity index (χ2v) is 12.4. The number of nitrogens with zero attached hydrogens (tertiary/aromatic N) is 3. The number of hydrogen-bond acceptors (Lipinski definition) is 10. The third kappa shape index (κ3) is 6.69. The fraction of sp³-hybridized carbons (Fsp3) is 0.375. The maximum Gasteiger partial charge on any atom is 0.301 e. The topological polar surface area (TPSA) is 109 Å². The molecule has 0 N–H and O–H groups in total. The molecule has 0 saturated carbocycles. The fourth-order valence-electron chi connectivity index (χ4n) is 5.09. The molecule has 1 saturated heterocycles. The predicted octanol–water partition coefficient (Wildman–Crippen LogP) is 5.51. The van der Waals surface area contributed by atoms with Gasteiger partial charge in [0.2, 0.25) is 0 Å². The van der Waals surface area contributed by atoms with Gasteiger partial charge in [-0.05, 0) is 74.7 Å². The second-order valence-electron chi connectivity index (χ2n) is 10.9. The van der Waals surface area contributed by atoms with Crippen molar-refractivity contribution in [2.24, 2.45) is 0 Å². The highest BCUT2D eigenvalue weighted by Crippen LogP contribution is 2.33. The first-order valence-electron chi connectivity index (χ1n) is 14.5. The zero-order chi connectivity index (χ0) is 30.0. The molecule has 0 aliphatic carbocycles. The highest BCUT2D eigenvalue weighted by molar-refractivity contribution is 7.86. The summed E-state index contributed by atoms with van der Waals surface area (Å²) in [6.45, 7) is 5.57. The van der Waals surface area contributed by atoms with Crippen LogP contribution in [0.3, 0.4) is 0 Å². The fourth-order valence-corrected chi connectivity index (χ4v) is 6.27. The van der Waals surface area contributed by atoms with Gasteiger partial charge in [0.1, 0.15) is 35.7 Å². The highest BCUT2D eigenvalue weighted by atomic mass is 32.2. The van der Waals surface area contributed by atoms with Gasteiger partial charge in [0.15, 0.2) is 17.9 Å². The third-order valence-corrected chi connectivity index (χ3v) is 8.83. The van der Waals surface area contributed by atoms with Crippen LogP contribution >= 0.6 is 0 Å². The van der Waals surface area contributed by atoms with Gasteiger partial charge in [-0.2, -0.15) is 8.42 Å². The van der Waals surface area contributed by atoms with E-state index < -0.39 is 22.5 Å². The minimum Gasteiger partial charge on any atom is -0.491 e. The van der Waals surface area contributed by atoms with Crippen molar-refractivity contribution >= 4 is 26.8 Å². The van der Waals surface area contributed by atoms with Crippen molar-refractivity contribution in [3.63, 3.8) is 0 Å². The summed E-state index contributed by atoms with van der Waals surface area (Å²) in [6.07, 6.45) is 3.22. The van der Waals surface area contributed by atoms with Gasteiger partial charge < -0.3 is 23.8 Å². The Morgan fingerprint density at radius 1 is 1.07 bits per heavy atom. The molecule has 2 aromatic carbocycles. The Hall–Kier alpha value is -3.93. The molecule has 4 aromatic rings. The largest absolute Gasteiger partial charge is 0.491 e. The lowest BCUT2D eigenvalue weighted by molar-refractivity contribution is -0.107. The van der Waals surface area contributed by atoms with Gasteiger partial charge in [-0.3, -0.25) is 4.18 Å². The van der Waals surface area contributed by atoms with E-state index in [2.05, 4.69) is 9.88 Å². The summed E-state index contributed by atoms with van der Waals surface area (Å²) in [7, 11) is -2.13. The van der Waals surface area contributed by atoms with E-state index in [4.69, 9.17) is 28.1 Å². The Bertz CT molecular complexity index is 1720. The molecule has 0 spiro atoms. The van der Waals surface area contributed by atoms with Crippen LogP contribution < -0.4 is 19.1 Å². The summed E-state index contributed by atoms with van der Waals surface area (Å²) >= 11 is 0. The molecule has 0 bridgehead atoms. The molecule has 2 aromatic heterocycles. The highest BCUT2D eigenvalue weighted by Gasteiger charge is 2.26. The lowest BCUT2D eigenvalue weighted by atomic mass is 10.1. The molecule has 1 fully saturated rings. The van der Waals surface area contributed by atoms with Crippen molar-refractivity contribution < 1.29 is 31.5 Å². The SMILES string of the molecule is Cc1ccc(S(=O)(=O)OC(C)COc2ccc3nc(-c4cnc5c(c4)OCCN5C)ccc3c2)c(OC2CCCCO2)c1. The van der Waals surface area contributed by atoms with E-state index in [9.17, 15) is 8.42 Å². The lowest BCUT2D eigenvalue weighted by Gasteiger charge is -2.26. The van der Waals surface area contributed by atoms with Crippen molar-refractivity contribution in [2.45, 2.75) is 50.4 Å². The Balaban J connectivity index is 1.11. The zero-order valence-corrected chi connectivity index (χ0v) is 25.3. The van der Waals surface area contributed by atoms with Gasteiger partial charge in [-0.25, -0.2) is 9.97 Å². The molecule has 2 atom stereocenters. The molecule has 11 heteroatoms. The number of rotatable bonds is 9. The smallest absolute Gasteiger partial charge is 0.301 e. The van der Waals surface area contributed by atoms with E-state index >= 15 is 0 Å². The number of ether oxygens (including phenoxy) is 4. The van der Waals surface area contributed by atoms with Gasteiger partial charge in [-0.15, -0.1) is 0 Å². The van der Waals surface area contributed by atoms with Gasteiger partial charge in [0.05, 0.1) is 24.4 Å². The van der Waals surface area contributed by atoms with Crippen molar-refractivity contribution in [1.29, 1.82) is 0 Å². The first kappa shape index (κ1) is 29.2. The van der Waals surface area contributed by atoms with Crippen LogP contribution in [0.25, 0.3) is 22.2 Å². The van der Waals surface area contributed by atoms with E-state index in [0.29, 0.717) is 25.4 Å². The lowest BCUT2D eigenvalue weighted by Crippen LogP contribution is -2.29. The number of benzene rings is 2. The molecular formula is C32H35N3O7S.